The zero-order chi connectivity index (χ0) is 19.4. The highest BCUT2D eigenvalue weighted by atomic mass is 16.7. The van der Waals surface area contributed by atoms with E-state index in [1.54, 1.807) is 12.1 Å². The molecule has 6 heteroatoms. The first-order chi connectivity index (χ1) is 13.0. The minimum atomic E-state index is -0.484. The standard InChI is InChI=1S/C21H20N2O4/c1-4-25-18-10-20-19(26-12-27-20)9-15(18)8-16(11-22)21(24)23-17-6-13(2)5-14(3)7-17/h5-10H,4,12H2,1-3H3,(H,23,24)/b16-8+. The fourth-order valence-electron chi connectivity index (χ4n) is 2.88. The average Bonchev–Trinajstić information content (AvgIpc) is 3.06. The van der Waals surface area contributed by atoms with Gasteiger partial charge in [-0.15, -0.1) is 0 Å². The molecule has 0 aromatic heterocycles. The van der Waals surface area contributed by atoms with E-state index in [0.29, 0.717) is 35.1 Å². The van der Waals surface area contributed by atoms with E-state index in [-0.39, 0.29) is 12.4 Å². The van der Waals surface area contributed by atoms with Crippen molar-refractivity contribution in [3.8, 4) is 23.3 Å². The van der Waals surface area contributed by atoms with Gasteiger partial charge in [0.05, 0.1) is 6.61 Å². The summed E-state index contributed by atoms with van der Waals surface area (Å²) in [6.07, 6.45) is 1.49. The molecule has 1 aliphatic rings. The average molecular weight is 364 g/mol. The number of hydrogen-bond acceptors (Lipinski definition) is 5. The molecule has 0 fully saturated rings. The Morgan fingerprint density at radius 1 is 1.19 bits per heavy atom. The van der Waals surface area contributed by atoms with Gasteiger partial charge in [0.1, 0.15) is 17.4 Å². The highest BCUT2D eigenvalue weighted by Crippen LogP contribution is 2.39. The second-order valence-electron chi connectivity index (χ2n) is 6.18. The van der Waals surface area contributed by atoms with Crippen molar-refractivity contribution in [3.63, 3.8) is 0 Å². The fraction of sp³-hybridized carbons (Fsp3) is 0.238. The van der Waals surface area contributed by atoms with Crippen molar-refractivity contribution in [2.45, 2.75) is 20.8 Å². The van der Waals surface area contributed by atoms with Crippen LogP contribution in [-0.4, -0.2) is 19.3 Å². The molecule has 0 radical (unpaired) electrons. The van der Waals surface area contributed by atoms with E-state index in [0.717, 1.165) is 11.1 Å². The summed E-state index contributed by atoms with van der Waals surface area (Å²) in [5.41, 5.74) is 3.25. The number of anilines is 1. The van der Waals surface area contributed by atoms with Crippen LogP contribution in [0.4, 0.5) is 5.69 Å². The van der Waals surface area contributed by atoms with E-state index in [1.165, 1.54) is 6.08 Å². The number of amides is 1. The topological polar surface area (TPSA) is 80.6 Å². The first kappa shape index (κ1) is 18.3. The Morgan fingerprint density at radius 2 is 1.85 bits per heavy atom. The Balaban J connectivity index is 1.91. The molecule has 0 saturated carbocycles. The fourth-order valence-corrected chi connectivity index (χ4v) is 2.88. The van der Waals surface area contributed by atoms with Crippen molar-refractivity contribution in [3.05, 3.63) is 52.6 Å². The van der Waals surface area contributed by atoms with Gasteiger partial charge >= 0.3 is 0 Å². The molecule has 3 rings (SSSR count). The molecule has 2 aromatic rings. The SMILES string of the molecule is CCOc1cc2c(cc1/C=C(\C#N)C(=O)Nc1cc(C)cc(C)c1)OCO2. The highest BCUT2D eigenvalue weighted by Gasteiger charge is 2.19. The maximum Gasteiger partial charge on any atom is 0.266 e. The number of rotatable bonds is 5. The van der Waals surface area contributed by atoms with E-state index < -0.39 is 5.91 Å². The maximum atomic E-state index is 12.6. The minimum absolute atomic E-state index is 0.0334. The van der Waals surface area contributed by atoms with Crippen LogP contribution in [-0.2, 0) is 4.79 Å². The number of carbonyl (C=O) groups is 1. The Labute approximate surface area is 158 Å². The van der Waals surface area contributed by atoms with Gasteiger partial charge in [-0.2, -0.15) is 5.26 Å². The second kappa shape index (κ2) is 7.83. The number of carbonyl (C=O) groups excluding carboxylic acids is 1. The molecule has 0 unspecified atom stereocenters. The van der Waals surface area contributed by atoms with E-state index in [2.05, 4.69) is 5.32 Å². The van der Waals surface area contributed by atoms with E-state index >= 15 is 0 Å². The quantitative estimate of drug-likeness (QED) is 0.641. The molecule has 6 nitrogen and oxygen atoms in total. The van der Waals surface area contributed by atoms with Crippen LogP contribution in [0.15, 0.2) is 35.9 Å². The summed E-state index contributed by atoms with van der Waals surface area (Å²) in [5, 5.41) is 12.3. The van der Waals surface area contributed by atoms with Crippen molar-refractivity contribution in [1.82, 2.24) is 0 Å². The summed E-state index contributed by atoms with van der Waals surface area (Å²) in [6, 6.07) is 11.1. The summed E-state index contributed by atoms with van der Waals surface area (Å²) in [4.78, 5) is 12.6. The molecule has 1 amide bonds. The maximum absolute atomic E-state index is 12.6. The molecule has 0 saturated heterocycles. The predicted molar refractivity (Wildman–Crippen MR) is 102 cm³/mol. The monoisotopic (exact) mass is 364 g/mol. The van der Waals surface area contributed by atoms with Crippen LogP contribution in [0.2, 0.25) is 0 Å². The lowest BCUT2D eigenvalue weighted by atomic mass is 10.1. The Hall–Kier alpha value is -3.46. The van der Waals surface area contributed by atoms with Gasteiger partial charge in [0.25, 0.3) is 5.91 Å². The molecule has 27 heavy (non-hydrogen) atoms. The van der Waals surface area contributed by atoms with E-state index in [9.17, 15) is 10.1 Å². The second-order valence-corrected chi connectivity index (χ2v) is 6.18. The third-order valence-corrected chi connectivity index (χ3v) is 3.95. The summed E-state index contributed by atoms with van der Waals surface area (Å²) >= 11 is 0. The number of aryl methyl sites for hydroxylation is 2. The zero-order valence-corrected chi connectivity index (χ0v) is 15.5. The van der Waals surface area contributed by atoms with Gasteiger partial charge in [0.15, 0.2) is 11.5 Å². The summed E-state index contributed by atoms with van der Waals surface area (Å²) in [7, 11) is 0. The van der Waals surface area contributed by atoms with Crippen molar-refractivity contribution < 1.29 is 19.0 Å². The van der Waals surface area contributed by atoms with Crippen molar-refractivity contribution >= 4 is 17.7 Å². The molecule has 1 N–H and O–H groups in total. The van der Waals surface area contributed by atoms with Gasteiger partial charge in [-0.1, -0.05) is 6.07 Å². The van der Waals surface area contributed by atoms with Crippen LogP contribution in [0.3, 0.4) is 0 Å². The molecule has 2 aromatic carbocycles. The molecule has 0 spiro atoms. The summed E-state index contributed by atoms with van der Waals surface area (Å²) < 4.78 is 16.3. The number of nitrogens with one attached hydrogen (secondary N) is 1. The first-order valence-electron chi connectivity index (χ1n) is 8.58. The normalized spacial score (nSPS) is 12.4. The molecular weight excluding hydrogens is 344 g/mol. The smallest absolute Gasteiger partial charge is 0.266 e. The van der Waals surface area contributed by atoms with Crippen LogP contribution >= 0.6 is 0 Å². The highest BCUT2D eigenvalue weighted by molar-refractivity contribution is 6.10. The molecule has 0 aliphatic carbocycles. The lowest BCUT2D eigenvalue weighted by Crippen LogP contribution is -2.13. The molecule has 138 valence electrons. The summed E-state index contributed by atoms with van der Waals surface area (Å²) in [6.45, 7) is 6.33. The molecule has 0 atom stereocenters. The zero-order valence-electron chi connectivity index (χ0n) is 15.5. The molecule has 1 aliphatic heterocycles. The van der Waals surface area contributed by atoms with Gasteiger partial charge in [0.2, 0.25) is 6.79 Å². The molecular formula is C21H20N2O4. The van der Waals surface area contributed by atoms with Gasteiger partial charge in [-0.05, 0) is 56.2 Å². The lowest BCUT2D eigenvalue weighted by Gasteiger charge is -2.10. The van der Waals surface area contributed by atoms with Gasteiger partial charge in [-0.3, -0.25) is 4.79 Å². The van der Waals surface area contributed by atoms with Crippen LogP contribution in [0.25, 0.3) is 6.08 Å². The largest absolute Gasteiger partial charge is 0.493 e. The molecule has 1 heterocycles. The number of nitrogens with zero attached hydrogens (tertiary/aromatic N) is 1. The van der Waals surface area contributed by atoms with Gasteiger partial charge in [-0.25, -0.2) is 0 Å². The van der Waals surface area contributed by atoms with Crippen LogP contribution in [0.1, 0.15) is 23.6 Å². The Morgan fingerprint density at radius 3 is 2.48 bits per heavy atom. The predicted octanol–water partition coefficient (Wildman–Crippen LogP) is 3.98. The Kier molecular flexibility index (Phi) is 5.32. The lowest BCUT2D eigenvalue weighted by molar-refractivity contribution is -0.112. The van der Waals surface area contributed by atoms with E-state index in [4.69, 9.17) is 14.2 Å². The van der Waals surface area contributed by atoms with Crippen LogP contribution < -0.4 is 19.5 Å². The Bertz CT molecular complexity index is 937. The third kappa shape index (κ3) is 4.21. The number of hydrogen-bond donors (Lipinski definition) is 1. The number of benzene rings is 2. The number of nitriles is 1. The van der Waals surface area contributed by atoms with E-state index in [1.807, 2.05) is 45.0 Å². The number of ether oxygens (including phenoxy) is 3. The van der Waals surface area contributed by atoms with Crippen LogP contribution in [0.5, 0.6) is 17.2 Å². The van der Waals surface area contributed by atoms with Crippen molar-refractivity contribution in [1.29, 1.82) is 5.26 Å². The minimum Gasteiger partial charge on any atom is -0.493 e. The van der Waals surface area contributed by atoms with Crippen LogP contribution in [0, 0.1) is 25.2 Å². The van der Waals surface area contributed by atoms with Gasteiger partial charge in [0, 0.05) is 17.3 Å². The van der Waals surface area contributed by atoms with Crippen molar-refractivity contribution in [2.24, 2.45) is 0 Å². The number of fused-ring (bicyclic) bond motifs is 1. The third-order valence-electron chi connectivity index (χ3n) is 3.95. The molecule has 0 bridgehead atoms. The first-order valence-corrected chi connectivity index (χ1v) is 8.58. The van der Waals surface area contributed by atoms with Gasteiger partial charge < -0.3 is 19.5 Å². The summed E-state index contributed by atoms with van der Waals surface area (Å²) in [5.74, 6) is 1.17. The van der Waals surface area contributed by atoms with Crippen molar-refractivity contribution in [2.75, 3.05) is 18.7 Å².